The molecule has 144 valence electrons. The third-order valence-electron chi connectivity index (χ3n) is 6.27. The van der Waals surface area contributed by atoms with Crippen molar-refractivity contribution >= 4 is 5.91 Å². The van der Waals surface area contributed by atoms with E-state index in [1.165, 1.54) is 0 Å². The van der Waals surface area contributed by atoms with Crippen molar-refractivity contribution in [2.24, 2.45) is 5.41 Å². The molecule has 2 aliphatic heterocycles. The molecule has 4 rings (SSSR count). The first-order valence-corrected chi connectivity index (χ1v) is 10.0. The van der Waals surface area contributed by atoms with E-state index in [4.69, 9.17) is 4.74 Å². The van der Waals surface area contributed by atoms with Gasteiger partial charge >= 0.3 is 0 Å². The van der Waals surface area contributed by atoms with E-state index in [-0.39, 0.29) is 5.91 Å². The summed E-state index contributed by atoms with van der Waals surface area (Å²) in [7, 11) is 0. The number of aryl methyl sites for hydroxylation is 2. The molecule has 1 spiro atoms. The molecule has 0 bridgehead atoms. The normalized spacial score (nSPS) is 19.4. The number of carbonyl (C=O) groups is 1. The highest BCUT2D eigenvalue weighted by Crippen LogP contribution is 2.40. The number of hydrogen-bond acceptors (Lipinski definition) is 3. The molecule has 0 atom stereocenters. The summed E-state index contributed by atoms with van der Waals surface area (Å²) in [6, 6.07) is 10.1. The first-order valence-electron chi connectivity index (χ1n) is 10.0. The van der Waals surface area contributed by atoms with Gasteiger partial charge in [0.1, 0.15) is 0 Å². The van der Waals surface area contributed by atoms with Gasteiger partial charge in [-0.25, -0.2) is 0 Å². The molecule has 1 aromatic carbocycles. The standard InChI is InChI=1S/C22H29N3O2/c1-17-14-18(2)25(23-17)16-19-4-3-5-20(15-19)21(26)24-10-6-22(7-11-24)8-12-27-13-9-22/h3-5,14-15H,6-13,16H2,1-2H3. The van der Waals surface area contributed by atoms with Crippen LogP contribution in [0.4, 0.5) is 0 Å². The number of aromatic nitrogens is 2. The Bertz CT molecular complexity index is 811. The molecule has 2 fully saturated rings. The second kappa shape index (κ2) is 7.47. The molecular weight excluding hydrogens is 338 g/mol. The molecule has 5 nitrogen and oxygen atoms in total. The summed E-state index contributed by atoms with van der Waals surface area (Å²) >= 11 is 0. The van der Waals surface area contributed by atoms with Crippen LogP contribution in [0.3, 0.4) is 0 Å². The number of rotatable bonds is 3. The molecule has 2 aliphatic rings. The average molecular weight is 367 g/mol. The number of nitrogens with zero attached hydrogens (tertiary/aromatic N) is 3. The number of hydrogen-bond donors (Lipinski definition) is 0. The van der Waals surface area contributed by atoms with Crippen molar-refractivity contribution in [1.82, 2.24) is 14.7 Å². The van der Waals surface area contributed by atoms with Gasteiger partial charge in [0.15, 0.2) is 0 Å². The van der Waals surface area contributed by atoms with Crippen molar-refractivity contribution in [3.8, 4) is 0 Å². The van der Waals surface area contributed by atoms with Gasteiger partial charge in [0.2, 0.25) is 0 Å². The predicted molar refractivity (Wildman–Crippen MR) is 105 cm³/mol. The number of ether oxygens (including phenoxy) is 1. The van der Waals surface area contributed by atoms with Gasteiger partial charge in [0, 0.05) is 37.6 Å². The van der Waals surface area contributed by atoms with Gasteiger partial charge in [-0.3, -0.25) is 9.48 Å². The molecule has 0 radical (unpaired) electrons. The van der Waals surface area contributed by atoms with Crippen molar-refractivity contribution in [1.29, 1.82) is 0 Å². The minimum Gasteiger partial charge on any atom is -0.381 e. The van der Waals surface area contributed by atoms with Crippen LogP contribution in [0.1, 0.15) is 53.0 Å². The first kappa shape index (κ1) is 18.2. The quantitative estimate of drug-likeness (QED) is 0.833. The number of piperidine rings is 1. The van der Waals surface area contributed by atoms with Crippen LogP contribution < -0.4 is 0 Å². The Labute approximate surface area is 161 Å². The summed E-state index contributed by atoms with van der Waals surface area (Å²) in [4.78, 5) is 15.1. The lowest BCUT2D eigenvalue weighted by Gasteiger charge is -2.44. The van der Waals surface area contributed by atoms with E-state index >= 15 is 0 Å². The Morgan fingerprint density at radius 1 is 1.11 bits per heavy atom. The van der Waals surface area contributed by atoms with Gasteiger partial charge in [-0.2, -0.15) is 5.10 Å². The van der Waals surface area contributed by atoms with Gasteiger partial charge in [0.05, 0.1) is 12.2 Å². The fraction of sp³-hybridized carbons (Fsp3) is 0.545. The van der Waals surface area contributed by atoms with Gasteiger partial charge < -0.3 is 9.64 Å². The predicted octanol–water partition coefficient (Wildman–Crippen LogP) is 3.58. The first-order chi connectivity index (χ1) is 13.0. The Morgan fingerprint density at radius 2 is 1.85 bits per heavy atom. The summed E-state index contributed by atoms with van der Waals surface area (Å²) in [5, 5.41) is 4.53. The molecule has 27 heavy (non-hydrogen) atoms. The van der Waals surface area contributed by atoms with E-state index < -0.39 is 0 Å². The highest BCUT2D eigenvalue weighted by molar-refractivity contribution is 5.94. The Kier molecular flexibility index (Phi) is 5.04. The molecule has 0 N–H and O–H groups in total. The van der Waals surface area contributed by atoms with E-state index in [1.54, 1.807) is 0 Å². The van der Waals surface area contributed by atoms with Gasteiger partial charge in [0.25, 0.3) is 5.91 Å². The molecule has 0 unspecified atom stereocenters. The van der Waals surface area contributed by atoms with Crippen LogP contribution in [0.15, 0.2) is 30.3 Å². The average Bonchev–Trinajstić information content (AvgIpc) is 2.99. The van der Waals surface area contributed by atoms with Crippen LogP contribution >= 0.6 is 0 Å². The van der Waals surface area contributed by atoms with Crippen molar-refractivity contribution in [2.45, 2.75) is 46.1 Å². The van der Waals surface area contributed by atoms with Gasteiger partial charge in [-0.05, 0) is 68.7 Å². The third-order valence-corrected chi connectivity index (χ3v) is 6.27. The summed E-state index contributed by atoms with van der Waals surface area (Å²) in [5.74, 6) is 0.159. The summed E-state index contributed by atoms with van der Waals surface area (Å²) < 4.78 is 7.52. The minimum absolute atomic E-state index is 0.159. The topological polar surface area (TPSA) is 47.4 Å². The van der Waals surface area contributed by atoms with Gasteiger partial charge in [-0.15, -0.1) is 0 Å². The van der Waals surface area contributed by atoms with E-state index in [1.807, 2.05) is 34.7 Å². The Balaban J connectivity index is 1.43. The molecular formula is C22H29N3O2. The van der Waals surface area contributed by atoms with Crippen LogP contribution in [-0.4, -0.2) is 46.9 Å². The minimum atomic E-state index is 0.159. The van der Waals surface area contributed by atoms with Crippen LogP contribution in [0, 0.1) is 19.3 Å². The number of benzene rings is 1. The largest absolute Gasteiger partial charge is 0.381 e. The summed E-state index contributed by atoms with van der Waals surface area (Å²) in [5.41, 5.74) is 4.48. The zero-order chi connectivity index (χ0) is 18.9. The van der Waals surface area contributed by atoms with E-state index in [9.17, 15) is 4.79 Å². The summed E-state index contributed by atoms with van der Waals surface area (Å²) in [6.45, 7) is 8.25. The van der Waals surface area contributed by atoms with Crippen LogP contribution in [-0.2, 0) is 11.3 Å². The molecule has 5 heteroatoms. The van der Waals surface area contributed by atoms with Crippen molar-refractivity contribution in [3.63, 3.8) is 0 Å². The maximum absolute atomic E-state index is 13.0. The monoisotopic (exact) mass is 367 g/mol. The highest BCUT2D eigenvalue weighted by Gasteiger charge is 2.37. The zero-order valence-corrected chi connectivity index (χ0v) is 16.4. The number of carbonyl (C=O) groups excluding carboxylic acids is 1. The highest BCUT2D eigenvalue weighted by atomic mass is 16.5. The lowest BCUT2D eigenvalue weighted by Crippen LogP contribution is -2.45. The molecule has 1 aromatic heterocycles. The van der Waals surface area contributed by atoms with E-state index in [0.29, 0.717) is 12.0 Å². The van der Waals surface area contributed by atoms with Crippen LogP contribution in [0.25, 0.3) is 0 Å². The molecule has 0 saturated carbocycles. The Hall–Kier alpha value is -2.14. The molecule has 0 aliphatic carbocycles. The molecule has 1 amide bonds. The third kappa shape index (κ3) is 3.93. The van der Waals surface area contributed by atoms with E-state index in [0.717, 1.165) is 74.5 Å². The van der Waals surface area contributed by atoms with E-state index in [2.05, 4.69) is 24.2 Å². The molecule has 2 aromatic rings. The van der Waals surface area contributed by atoms with Crippen LogP contribution in [0.2, 0.25) is 0 Å². The second-order valence-corrected chi connectivity index (χ2v) is 8.19. The molecule has 2 saturated heterocycles. The lowest BCUT2D eigenvalue weighted by atomic mass is 9.72. The number of likely N-dealkylation sites (tertiary alicyclic amines) is 1. The second-order valence-electron chi connectivity index (χ2n) is 8.19. The fourth-order valence-corrected chi connectivity index (χ4v) is 4.48. The fourth-order valence-electron chi connectivity index (χ4n) is 4.48. The Morgan fingerprint density at radius 3 is 2.52 bits per heavy atom. The van der Waals surface area contributed by atoms with Gasteiger partial charge in [-0.1, -0.05) is 12.1 Å². The van der Waals surface area contributed by atoms with Crippen molar-refractivity contribution in [3.05, 3.63) is 52.8 Å². The van der Waals surface area contributed by atoms with Crippen molar-refractivity contribution in [2.75, 3.05) is 26.3 Å². The number of amides is 1. The summed E-state index contributed by atoms with van der Waals surface area (Å²) in [6.07, 6.45) is 4.50. The maximum atomic E-state index is 13.0. The zero-order valence-electron chi connectivity index (χ0n) is 16.4. The molecule has 3 heterocycles. The van der Waals surface area contributed by atoms with Crippen LogP contribution in [0.5, 0.6) is 0 Å². The lowest BCUT2D eigenvalue weighted by molar-refractivity contribution is -0.0175. The SMILES string of the molecule is Cc1cc(C)n(Cc2cccc(C(=O)N3CCC4(CCOCC4)CC3)c2)n1. The van der Waals surface area contributed by atoms with Crippen molar-refractivity contribution < 1.29 is 9.53 Å². The smallest absolute Gasteiger partial charge is 0.253 e. The maximum Gasteiger partial charge on any atom is 0.253 e.